The Morgan fingerprint density at radius 2 is 2.00 bits per heavy atom. The molecule has 1 atom stereocenters. The summed E-state index contributed by atoms with van der Waals surface area (Å²) in [6, 6.07) is 0.433. The Morgan fingerprint density at radius 3 is 2.56 bits per heavy atom. The van der Waals surface area contributed by atoms with Gasteiger partial charge in [0.2, 0.25) is 0 Å². The Hall–Kier alpha value is -0.480. The summed E-state index contributed by atoms with van der Waals surface area (Å²) >= 11 is 1.57. The zero-order chi connectivity index (χ0) is 13.2. The summed E-state index contributed by atoms with van der Waals surface area (Å²) in [5, 5.41) is 7.83. The normalized spacial score (nSPS) is 19.3. The molecule has 0 aliphatic heterocycles. The van der Waals surface area contributed by atoms with Gasteiger partial charge in [-0.1, -0.05) is 50.9 Å². The van der Waals surface area contributed by atoms with E-state index in [1.807, 2.05) is 0 Å². The van der Waals surface area contributed by atoms with Crippen molar-refractivity contribution in [2.45, 2.75) is 64.3 Å². The van der Waals surface area contributed by atoms with Gasteiger partial charge >= 0.3 is 0 Å². The minimum atomic E-state index is 0.0904. The third-order valence-electron chi connectivity index (χ3n) is 3.93. The molecule has 2 rings (SSSR count). The summed E-state index contributed by atoms with van der Waals surface area (Å²) in [4.78, 5) is 1.34. The van der Waals surface area contributed by atoms with Gasteiger partial charge in [-0.25, -0.2) is 0 Å². The zero-order valence-corrected chi connectivity index (χ0v) is 12.8. The molecule has 102 valence electrons. The van der Waals surface area contributed by atoms with Crippen LogP contribution in [0, 0.1) is 5.92 Å². The minimum absolute atomic E-state index is 0.0904. The summed E-state index contributed by atoms with van der Waals surface area (Å²) in [7, 11) is 2.06. The molecule has 0 amide bonds. The van der Waals surface area contributed by atoms with Crippen LogP contribution in [0.4, 0.5) is 0 Å². The topological polar surface area (TPSA) is 37.8 Å². The quantitative estimate of drug-likeness (QED) is 0.904. The Labute approximate surface area is 115 Å². The van der Waals surface area contributed by atoms with Crippen molar-refractivity contribution >= 4 is 11.5 Å². The molecule has 1 aromatic rings. The summed E-state index contributed by atoms with van der Waals surface area (Å²) in [5.41, 5.74) is 1.26. The van der Waals surface area contributed by atoms with Crippen LogP contribution in [0.3, 0.4) is 0 Å². The number of hydrogen-bond donors (Lipinski definition) is 1. The monoisotopic (exact) mass is 267 g/mol. The Morgan fingerprint density at radius 1 is 1.33 bits per heavy atom. The smallest absolute Gasteiger partial charge is 0.0857 e. The van der Waals surface area contributed by atoms with Crippen molar-refractivity contribution in [1.29, 1.82) is 0 Å². The highest BCUT2D eigenvalue weighted by Crippen LogP contribution is 2.37. The first-order valence-electron chi connectivity index (χ1n) is 7.02. The molecular weight excluding hydrogens is 242 g/mol. The third kappa shape index (κ3) is 3.09. The number of hydrogen-bond acceptors (Lipinski definition) is 4. The van der Waals surface area contributed by atoms with E-state index in [9.17, 15) is 0 Å². The highest BCUT2D eigenvalue weighted by molar-refractivity contribution is 7.05. The average Bonchev–Trinajstić information content (AvgIpc) is 2.95. The lowest BCUT2D eigenvalue weighted by molar-refractivity contribution is 0.410. The largest absolute Gasteiger partial charge is 0.312 e. The second-order valence-corrected chi connectivity index (χ2v) is 7.25. The van der Waals surface area contributed by atoms with Crippen molar-refractivity contribution in [3.05, 3.63) is 10.6 Å². The van der Waals surface area contributed by atoms with Crippen LogP contribution >= 0.6 is 11.5 Å². The summed E-state index contributed by atoms with van der Waals surface area (Å²) in [6.45, 7) is 6.65. The van der Waals surface area contributed by atoms with Gasteiger partial charge in [-0.15, -0.1) is 5.10 Å². The van der Waals surface area contributed by atoms with Crippen molar-refractivity contribution in [1.82, 2.24) is 14.9 Å². The molecule has 1 saturated carbocycles. The molecule has 0 bridgehead atoms. The SMILES string of the molecule is CNC(CC1CCCC1)c1snnc1C(C)(C)C. The number of nitrogens with one attached hydrogen (secondary N) is 1. The summed E-state index contributed by atoms with van der Waals surface area (Å²) < 4.78 is 4.18. The van der Waals surface area contributed by atoms with E-state index in [4.69, 9.17) is 0 Å². The first-order valence-corrected chi connectivity index (χ1v) is 7.79. The second kappa shape index (κ2) is 5.66. The molecule has 4 heteroatoms. The van der Waals surface area contributed by atoms with E-state index in [1.54, 1.807) is 11.5 Å². The van der Waals surface area contributed by atoms with Crippen LogP contribution in [0.5, 0.6) is 0 Å². The first kappa shape index (κ1) is 13.9. The van der Waals surface area contributed by atoms with Gasteiger partial charge in [-0.05, 0) is 30.9 Å². The van der Waals surface area contributed by atoms with Gasteiger partial charge < -0.3 is 5.32 Å². The predicted octanol–water partition coefficient (Wildman–Crippen LogP) is 3.68. The van der Waals surface area contributed by atoms with Crippen molar-refractivity contribution in [3.8, 4) is 0 Å². The molecule has 18 heavy (non-hydrogen) atoms. The fourth-order valence-corrected chi connectivity index (χ4v) is 3.87. The van der Waals surface area contributed by atoms with Crippen LogP contribution < -0.4 is 5.32 Å². The highest BCUT2D eigenvalue weighted by Gasteiger charge is 2.28. The molecule has 1 aliphatic rings. The molecule has 0 radical (unpaired) electrons. The maximum Gasteiger partial charge on any atom is 0.0857 e. The minimum Gasteiger partial charge on any atom is -0.312 e. The fraction of sp³-hybridized carbons (Fsp3) is 0.857. The molecule has 1 aromatic heterocycles. The van der Waals surface area contributed by atoms with Gasteiger partial charge in [0.1, 0.15) is 0 Å². The molecule has 1 unspecified atom stereocenters. The van der Waals surface area contributed by atoms with Crippen molar-refractivity contribution in [2.75, 3.05) is 7.05 Å². The predicted molar refractivity (Wildman–Crippen MR) is 77.0 cm³/mol. The Balaban J connectivity index is 2.14. The van der Waals surface area contributed by atoms with E-state index < -0.39 is 0 Å². The van der Waals surface area contributed by atoms with Gasteiger partial charge in [0.25, 0.3) is 0 Å². The molecule has 1 fully saturated rings. The van der Waals surface area contributed by atoms with Gasteiger partial charge in [0.05, 0.1) is 10.6 Å². The molecule has 3 nitrogen and oxygen atoms in total. The highest BCUT2D eigenvalue weighted by atomic mass is 32.1. The Kier molecular flexibility index (Phi) is 4.38. The molecule has 0 aromatic carbocycles. The maximum absolute atomic E-state index is 4.36. The summed E-state index contributed by atoms with van der Waals surface area (Å²) in [6.07, 6.45) is 6.86. The van der Waals surface area contributed by atoms with Crippen LogP contribution in [-0.4, -0.2) is 16.6 Å². The van der Waals surface area contributed by atoms with Gasteiger partial charge in [-0.2, -0.15) is 0 Å². The molecule has 1 heterocycles. The second-order valence-electron chi connectivity index (χ2n) is 6.46. The first-order chi connectivity index (χ1) is 8.52. The molecule has 0 saturated heterocycles. The molecule has 1 N–H and O–H groups in total. The van der Waals surface area contributed by atoms with Gasteiger partial charge in [0.15, 0.2) is 0 Å². The molecule has 0 spiro atoms. The van der Waals surface area contributed by atoms with Crippen LogP contribution in [0.2, 0.25) is 0 Å². The van der Waals surface area contributed by atoms with Crippen molar-refractivity contribution in [2.24, 2.45) is 5.92 Å². The lowest BCUT2D eigenvalue weighted by atomic mass is 9.88. The van der Waals surface area contributed by atoms with Gasteiger partial charge in [0, 0.05) is 11.5 Å². The number of rotatable bonds is 4. The van der Waals surface area contributed by atoms with E-state index in [2.05, 4.69) is 42.7 Å². The average molecular weight is 267 g/mol. The van der Waals surface area contributed by atoms with E-state index in [0.717, 1.165) is 5.92 Å². The maximum atomic E-state index is 4.36. The molecular formula is C14H25N3S. The molecule has 1 aliphatic carbocycles. The van der Waals surface area contributed by atoms with Crippen molar-refractivity contribution in [3.63, 3.8) is 0 Å². The van der Waals surface area contributed by atoms with E-state index in [-0.39, 0.29) is 5.41 Å². The number of aromatic nitrogens is 2. The lowest BCUT2D eigenvalue weighted by Crippen LogP contribution is -2.23. The third-order valence-corrected chi connectivity index (χ3v) is 4.77. The fourth-order valence-electron chi connectivity index (χ4n) is 2.88. The van der Waals surface area contributed by atoms with Crippen LogP contribution in [0.15, 0.2) is 0 Å². The van der Waals surface area contributed by atoms with Crippen molar-refractivity contribution < 1.29 is 0 Å². The van der Waals surface area contributed by atoms with E-state index in [0.29, 0.717) is 6.04 Å². The standard InChI is InChI=1S/C14H25N3S/c1-14(2,3)13-12(18-17-16-13)11(15-4)9-10-7-5-6-8-10/h10-11,15H,5-9H2,1-4H3. The van der Waals surface area contributed by atoms with E-state index >= 15 is 0 Å². The lowest BCUT2D eigenvalue weighted by Gasteiger charge is -2.23. The van der Waals surface area contributed by atoms with Crippen LogP contribution in [0.1, 0.15) is 69.5 Å². The van der Waals surface area contributed by atoms with Crippen LogP contribution in [-0.2, 0) is 5.41 Å². The number of nitrogens with zero attached hydrogens (tertiary/aromatic N) is 2. The van der Waals surface area contributed by atoms with Crippen LogP contribution in [0.25, 0.3) is 0 Å². The Bertz CT molecular complexity index is 375. The van der Waals surface area contributed by atoms with Gasteiger partial charge in [-0.3, -0.25) is 0 Å². The zero-order valence-electron chi connectivity index (χ0n) is 12.0. The van der Waals surface area contributed by atoms with E-state index in [1.165, 1.54) is 42.7 Å². The summed E-state index contributed by atoms with van der Waals surface area (Å²) in [5.74, 6) is 0.886.